The average Bonchev–Trinajstić information content (AvgIpc) is 3.03. The third-order valence-corrected chi connectivity index (χ3v) is 3.82. The first-order valence-corrected chi connectivity index (χ1v) is 6.23. The van der Waals surface area contributed by atoms with E-state index in [4.69, 9.17) is 4.74 Å². The smallest absolute Gasteiger partial charge is 0.0810 e. The van der Waals surface area contributed by atoms with Crippen molar-refractivity contribution in [3.8, 4) is 0 Å². The maximum absolute atomic E-state index is 5.21. The lowest BCUT2D eigenvalue weighted by atomic mass is 10.1. The Bertz CT molecular complexity index is 147. The second-order valence-electron chi connectivity index (χ2n) is 4.47. The van der Waals surface area contributed by atoms with Gasteiger partial charge in [0.25, 0.3) is 0 Å². The van der Waals surface area contributed by atoms with Crippen LogP contribution >= 0.6 is 0 Å². The van der Waals surface area contributed by atoms with E-state index in [0.29, 0.717) is 6.10 Å². The first kappa shape index (κ1) is 15.2. The summed E-state index contributed by atoms with van der Waals surface area (Å²) in [5.41, 5.74) is 0. The molecule has 92 valence electrons. The molecule has 0 aromatic carbocycles. The zero-order chi connectivity index (χ0) is 10.4. The van der Waals surface area contributed by atoms with Crippen LogP contribution in [0.2, 0.25) is 0 Å². The van der Waals surface area contributed by atoms with Crippen LogP contribution in [-0.2, 0) is 4.74 Å². The number of rotatable bonds is 8. The summed E-state index contributed by atoms with van der Waals surface area (Å²) in [6, 6.07) is 0. The van der Waals surface area contributed by atoms with Crippen molar-refractivity contribution in [3.63, 3.8) is 0 Å². The minimum Gasteiger partial charge on any atom is -1.00 e. The van der Waals surface area contributed by atoms with Crippen LogP contribution < -0.4 is 12.4 Å². The number of hydrogen-bond donors (Lipinski definition) is 0. The summed E-state index contributed by atoms with van der Waals surface area (Å²) in [6.45, 7) is 13.2. The van der Waals surface area contributed by atoms with Crippen LogP contribution in [0.1, 0.15) is 40.0 Å². The second kappa shape index (κ2) is 7.48. The number of nitrogens with zero attached hydrogens (tertiary/aromatic N) is 1. The molecule has 0 N–H and O–H groups in total. The Morgan fingerprint density at radius 2 is 1.60 bits per heavy atom. The Morgan fingerprint density at radius 1 is 1.07 bits per heavy atom. The van der Waals surface area contributed by atoms with E-state index in [2.05, 4.69) is 20.8 Å². The van der Waals surface area contributed by atoms with Crippen molar-refractivity contribution in [2.45, 2.75) is 46.1 Å². The van der Waals surface area contributed by atoms with E-state index < -0.39 is 0 Å². The molecule has 1 saturated heterocycles. The molecule has 1 heterocycles. The summed E-state index contributed by atoms with van der Waals surface area (Å²) in [5, 5.41) is 0. The third-order valence-electron chi connectivity index (χ3n) is 3.82. The molecule has 0 aromatic heterocycles. The van der Waals surface area contributed by atoms with E-state index in [9.17, 15) is 0 Å². The average molecular weight is 236 g/mol. The highest BCUT2D eigenvalue weighted by atomic mass is 35.5. The Morgan fingerprint density at radius 3 is 2.00 bits per heavy atom. The normalized spacial score (nSPS) is 19.8. The number of quaternary nitrogens is 1. The highest BCUT2D eigenvalue weighted by Gasteiger charge is 2.23. The zero-order valence-electron chi connectivity index (χ0n) is 10.5. The molecule has 1 unspecified atom stereocenters. The van der Waals surface area contributed by atoms with Gasteiger partial charge in [-0.2, -0.15) is 0 Å². The maximum atomic E-state index is 5.21. The third kappa shape index (κ3) is 5.19. The van der Waals surface area contributed by atoms with Crippen LogP contribution in [0, 0.1) is 0 Å². The topological polar surface area (TPSA) is 12.5 Å². The molecule has 1 fully saturated rings. The van der Waals surface area contributed by atoms with Gasteiger partial charge in [0.1, 0.15) is 0 Å². The van der Waals surface area contributed by atoms with Crippen molar-refractivity contribution in [1.29, 1.82) is 0 Å². The molecule has 0 aliphatic carbocycles. The van der Waals surface area contributed by atoms with E-state index in [1.807, 2.05) is 0 Å². The fraction of sp³-hybridized carbons (Fsp3) is 1.00. The van der Waals surface area contributed by atoms with E-state index in [0.717, 1.165) is 6.61 Å². The van der Waals surface area contributed by atoms with Crippen LogP contribution in [0.5, 0.6) is 0 Å². The lowest BCUT2D eigenvalue weighted by Gasteiger charge is -2.35. The van der Waals surface area contributed by atoms with Crippen LogP contribution in [0.4, 0.5) is 0 Å². The standard InChI is InChI=1S/C12H26NO.ClH/c1-4-13(5-2,6-3)10-8-7-9-12-11-14-12;/h12H,4-11H2,1-3H3;1H/q+1;/p-1. The summed E-state index contributed by atoms with van der Waals surface area (Å²) in [7, 11) is 0. The summed E-state index contributed by atoms with van der Waals surface area (Å²) in [4.78, 5) is 0. The van der Waals surface area contributed by atoms with E-state index in [-0.39, 0.29) is 12.4 Å². The second-order valence-corrected chi connectivity index (χ2v) is 4.47. The lowest BCUT2D eigenvalue weighted by Crippen LogP contribution is -3.00. The Labute approximate surface area is 101 Å². The van der Waals surface area contributed by atoms with E-state index >= 15 is 0 Å². The lowest BCUT2D eigenvalue weighted by molar-refractivity contribution is -0.923. The van der Waals surface area contributed by atoms with Crippen molar-refractivity contribution in [1.82, 2.24) is 0 Å². The quantitative estimate of drug-likeness (QED) is 0.312. The summed E-state index contributed by atoms with van der Waals surface area (Å²) in [6.07, 6.45) is 4.64. The van der Waals surface area contributed by atoms with Gasteiger partial charge >= 0.3 is 0 Å². The van der Waals surface area contributed by atoms with Gasteiger partial charge in [-0.1, -0.05) is 0 Å². The molecule has 2 nitrogen and oxygen atoms in total. The van der Waals surface area contributed by atoms with Crippen LogP contribution in [0.15, 0.2) is 0 Å². The van der Waals surface area contributed by atoms with Gasteiger partial charge < -0.3 is 21.6 Å². The summed E-state index contributed by atoms with van der Waals surface area (Å²) >= 11 is 0. The van der Waals surface area contributed by atoms with Crippen LogP contribution in [0.25, 0.3) is 0 Å². The van der Waals surface area contributed by atoms with Crippen LogP contribution in [-0.4, -0.2) is 43.4 Å². The molecule has 0 radical (unpaired) electrons. The molecule has 0 spiro atoms. The largest absolute Gasteiger partial charge is 1.00 e. The predicted molar refractivity (Wildman–Crippen MR) is 60.3 cm³/mol. The van der Waals surface area contributed by atoms with Gasteiger partial charge in [-0.25, -0.2) is 0 Å². The SMILES string of the molecule is CC[N+](CC)(CC)CCCCC1CO1.[Cl-]. The number of unbranched alkanes of at least 4 members (excludes halogenated alkanes) is 1. The monoisotopic (exact) mass is 235 g/mol. The fourth-order valence-electron chi connectivity index (χ4n) is 2.20. The molecule has 0 aromatic rings. The molecule has 3 heteroatoms. The van der Waals surface area contributed by atoms with Crippen molar-refractivity contribution >= 4 is 0 Å². The van der Waals surface area contributed by atoms with Gasteiger partial charge in [0, 0.05) is 0 Å². The van der Waals surface area contributed by atoms with E-state index in [1.54, 1.807) is 0 Å². The molecule has 0 bridgehead atoms. The highest BCUT2D eigenvalue weighted by molar-refractivity contribution is 4.68. The van der Waals surface area contributed by atoms with Crippen LogP contribution in [0.3, 0.4) is 0 Å². The molecular formula is C12H26ClNO. The molecule has 0 amide bonds. The van der Waals surface area contributed by atoms with Crippen molar-refractivity contribution in [3.05, 3.63) is 0 Å². The zero-order valence-corrected chi connectivity index (χ0v) is 11.2. The summed E-state index contributed by atoms with van der Waals surface area (Å²) < 4.78 is 6.51. The number of epoxide rings is 1. The first-order valence-electron chi connectivity index (χ1n) is 6.23. The van der Waals surface area contributed by atoms with Crippen molar-refractivity contribution in [2.75, 3.05) is 32.8 Å². The minimum atomic E-state index is 0. The highest BCUT2D eigenvalue weighted by Crippen LogP contribution is 2.17. The molecule has 1 aliphatic heterocycles. The number of halogens is 1. The molecule has 1 atom stereocenters. The van der Waals surface area contributed by atoms with Gasteiger partial charge in [-0.3, -0.25) is 0 Å². The first-order chi connectivity index (χ1) is 6.76. The van der Waals surface area contributed by atoms with Crippen molar-refractivity contribution < 1.29 is 21.6 Å². The van der Waals surface area contributed by atoms with Gasteiger partial charge in [-0.05, 0) is 40.0 Å². The molecule has 1 rings (SSSR count). The maximum Gasteiger partial charge on any atom is 0.0810 e. The number of ether oxygens (including phenoxy) is 1. The van der Waals surface area contributed by atoms with Crippen molar-refractivity contribution in [2.24, 2.45) is 0 Å². The van der Waals surface area contributed by atoms with E-state index in [1.165, 1.54) is 49.9 Å². The minimum absolute atomic E-state index is 0. The molecule has 0 saturated carbocycles. The Balaban J connectivity index is 0.00000196. The van der Waals surface area contributed by atoms with Gasteiger partial charge in [0.05, 0.1) is 38.9 Å². The Hall–Kier alpha value is 0.210. The fourth-order valence-corrected chi connectivity index (χ4v) is 2.20. The molecular weight excluding hydrogens is 210 g/mol. The number of hydrogen-bond acceptors (Lipinski definition) is 1. The predicted octanol–water partition coefficient (Wildman–Crippen LogP) is -0.564. The Kier molecular flexibility index (Phi) is 7.58. The molecule has 15 heavy (non-hydrogen) atoms. The van der Waals surface area contributed by atoms with Gasteiger partial charge in [-0.15, -0.1) is 0 Å². The van der Waals surface area contributed by atoms with Gasteiger partial charge in [0.2, 0.25) is 0 Å². The van der Waals surface area contributed by atoms with Gasteiger partial charge in [0.15, 0.2) is 0 Å². The molecule has 1 aliphatic rings. The summed E-state index contributed by atoms with van der Waals surface area (Å²) in [5.74, 6) is 0.